The van der Waals surface area contributed by atoms with Crippen LogP contribution in [-0.4, -0.2) is 43.6 Å². The predicted molar refractivity (Wildman–Crippen MR) is 111 cm³/mol. The van der Waals surface area contributed by atoms with Crippen LogP contribution < -0.4 is 4.72 Å². The van der Waals surface area contributed by atoms with Gasteiger partial charge >= 0.3 is 5.97 Å². The number of ether oxygens (including phenoxy) is 1. The van der Waals surface area contributed by atoms with Crippen molar-refractivity contribution in [3.63, 3.8) is 0 Å². The molecule has 2 N–H and O–H groups in total. The van der Waals surface area contributed by atoms with E-state index in [0.717, 1.165) is 10.9 Å². The number of carbonyl (C=O) groups excluding carboxylic acids is 2. The Bertz CT molecular complexity index is 1280. The van der Waals surface area contributed by atoms with Crippen LogP contribution in [0.3, 0.4) is 0 Å². The van der Waals surface area contributed by atoms with Crippen LogP contribution in [-0.2, 0) is 19.6 Å². The number of hydrogen-bond acceptors (Lipinski definition) is 6. The zero-order chi connectivity index (χ0) is 21.3. The molecule has 1 atom stereocenters. The summed E-state index contributed by atoms with van der Waals surface area (Å²) >= 11 is 0. The maximum absolute atomic E-state index is 12.6. The molecule has 3 aromatic rings. The lowest BCUT2D eigenvalue weighted by molar-refractivity contribution is -0.146. The van der Waals surface area contributed by atoms with Gasteiger partial charge in [-0.15, -0.1) is 0 Å². The highest BCUT2D eigenvalue weighted by atomic mass is 32.2. The number of amidine groups is 1. The molecule has 154 valence electrons. The summed E-state index contributed by atoms with van der Waals surface area (Å²) in [5, 5.41) is 0.768. The maximum atomic E-state index is 12.6. The molecule has 0 amide bonds. The number of aromatic amines is 1. The van der Waals surface area contributed by atoms with Crippen LogP contribution in [0.1, 0.15) is 29.3 Å². The largest absolute Gasteiger partial charge is 0.454 e. The van der Waals surface area contributed by atoms with E-state index in [1.807, 2.05) is 24.3 Å². The van der Waals surface area contributed by atoms with E-state index >= 15 is 0 Å². The molecule has 0 spiro atoms. The highest BCUT2D eigenvalue weighted by Crippen LogP contribution is 2.22. The number of aliphatic imine (C=N–C) groups is 1. The second-order valence-electron chi connectivity index (χ2n) is 6.83. The third-order valence-corrected chi connectivity index (χ3v) is 6.18. The van der Waals surface area contributed by atoms with Crippen molar-refractivity contribution in [2.75, 3.05) is 6.54 Å². The van der Waals surface area contributed by atoms with Crippen molar-refractivity contribution in [3.8, 4) is 0 Å². The molecule has 4 rings (SSSR count). The topological polar surface area (TPSA) is 118 Å². The predicted octanol–water partition coefficient (Wildman–Crippen LogP) is 2.41. The molecule has 0 saturated carbocycles. The van der Waals surface area contributed by atoms with Crippen molar-refractivity contribution < 1.29 is 22.7 Å². The van der Waals surface area contributed by atoms with Gasteiger partial charge in [0.2, 0.25) is 5.78 Å². The first kappa shape index (κ1) is 19.8. The van der Waals surface area contributed by atoms with Crippen molar-refractivity contribution in [1.29, 1.82) is 0 Å². The number of carbonyl (C=O) groups is 2. The Morgan fingerprint density at radius 1 is 1.10 bits per heavy atom. The monoisotopic (exact) mass is 425 g/mol. The standard InChI is InChI=1S/C21H19N3O5S/c1-13(20(26)16-12-23-17-8-4-2-6-14(16)17)29-19(25)10-11-22-21-15-7-3-5-9-18(15)30(27,28)24-21/h2-9,12-13,23H,10-11H2,1H3,(H,22,24). The number of nitrogens with zero attached hydrogens (tertiary/aromatic N) is 1. The zero-order valence-corrected chi connectivity index (χ0v) is 16.9. The zero-order valence-electron chi connectivity index (χ0n) is 16.1. The van der Waals surface area contributed by atoms with Gasteiger partial charge in [-0.05, 0) is 25.1 Å². The molecule has 1 aromatic heterocycles. The van der Waals surface area contributed by atoms with Crippen LogP contribution in [0.2, 0.25) is 0 Å². The summed E-state index contributed by atoms with van der Waals surface area (Å²) in [6.07, 6.45) is 0.571. The Kier molecular flexibility index (Phi) is 5.13. The van der Waals surface area contributed by atoms with Gasteiger partial charge in [0.15, 0.2) is 6.10 Å². The van der Waals surface area contributed by atoms with Crippen molar-refractivity contribution in [1.82, 2.24) is 9.71 Å². The van der Waals surface area contributed by atoms with Crippen LogP contribution in [0.5, 0.6) is 0 Å². The first-order valence-electron chi connectivity index (χ1n) is 9.33. The van der Waals surface area contributed by atoms with Crippen LogP contribution >= 0.6 is 0 Å². The molecule has 1 unspecified atom stereocenters. The molecule has 0 radical (unpaired) electrons. The van der Waals surface area contributed by atoms with Crippen molar-refractivity contribution in [2.45, 2.75) is 24.3 Å². The first-order chi connectivity index (χ1) is 14.4. The van der Waals surface area contributed by atoms with Gasteiger partial charge in [-0.25, -0.2) is 8.42 Å². The van der Waals surface area contributed by atoms with Gasteiger partial charge < -0.3 is 9.72 Å². The Balaban J connectivity index is 1.37. The molecule has 9 heteroatoms. The Labute approximate surface area is 173 Å². The summed E-state index contributed by atoms with van der Waals surface area (Å²) < 4.78 is 31.8. The van der Waals surface area contributed by atoms with Crippen LogP contribution in [0.15, 0.2) is 64.6 Å². The molecular weight excluding hydrogens is 406 g/mol. The second-order valence-corrected chi connectivity index (χ2v) is 8.48. The summed E-state index contributed by atoms with van der Waals surface area (Å²) in [5.41, 5.74) is 1.76. The fourth-order valence-electron chi connectivity index (χ4n) is 3.31. The Morgan fingerprint density at radius 3 is 2.67 bits per heavy atom. The first-order valence-corrected chi connectivity index (χ1v) is 10.8. The van der Waals surface area contributed by atoms with Gasteiger partial charge in [-0.2, -0.15) is 0 Å². The molecule has 1 aliphatic rings. The number of hydrogen-bond donors (Lipinski definition) is 2. The number of benzene rings is 2. The van der Waals surface area contributed by atoms with E-state index in [2.05, 4.69) is 14.7 Å². The third-order valence-electron chi connectivity index (χ3n) is 4.78. The highest BCUT2D eigenvalue weighted by Gasteiger charge is 2.30. The maximum Gasteiger partial charge on any atom is 0.308 e. The van der Waals surface area contributed by atoms with Crippen molar-refractivity contribution >= 4 is 38.5 Å². The summed E-state index contributed by atoms with van der Waals surface area (Å²) in [6.45, 7) is 1.55. The lowest BCUT2D eigenvalue weighted by Crippen LogP contribution is -2.25. The number of H-pyrrole nitrogens is 1. The Morgan fingerprint density at radius 2 is 1.83 bits per heavy atom. The minimum Gasteiger partial charge on any atom is -0.454 e. The van der Waals surface area contributed by atoms with Crippen molar-refractivity contribution in [3.05, 3.63) is 65.9 Å². The van der Waals surface area contributed by atoms with Crippen molar-refractivity contribution in [2.24, 2.45) is 4.99 Å². The fourth-order valence-corrected chi connectivity index (χ4v) is 4.57. The molecule has 2 heterocycles. The molecule has 0 bridgehead atoms. The third kappa shape index (κ3) is 3.71. The van der Waals surface area contributed by atoms with Gasteiger partial charge in [0.05, 0.1) is 17.9 Å². The molecule has 0 aliphatic carbocycles. The van der Waals surface area contributed by atoms with Crippen LogP contribution in [0.4, 0.5) is 0 Å². The van der Waals surface area contributed by atoms with E-state index in [9.17, 15) is 18.0 Å². The number of sulfonamides is 1. The number of nitrogens with one attached hydrogen (secondary N) is 2. The van der Waals surface area contributed by atoms with E-state index in [4.69, 9.17) is 4.74 Å². The highest BCUT2D eigenvalue weighted by molar-refractivity contribution is 7.90. The number of rotatable bonds is 6. The minimum atomic E-state index is -3.62. The molecule has 1 aliphatic heterocycles. The molecule has 0 fully saturated rings. The lowest BCUT2D eigenvalue weighted by atomic mass is 10.1. The summed E-state index contributed by atoms with van der Waals surface area (Å²) in [6, 6.07) is 13.9. The van der Waals surface area contributed by atoms with Gasteiger partial charge in [-0.3, -0.25) is 19.3 Å². The second kappa shape index (κ2) is 7.75. The summed E-state index contributed by atoms with van der Waals surface area (Å²) in [4.78, 5) is 32.2. The van der Waals surface area contributed by atoms with E-state index in [1.165, 1.54) is 13.0 Å². The molecule has 2 aromatic carbocycles. The van der Waals surface area contributed by atoms with Gasteiger partial charge in [0, 0.05) is 28.2 Å². The van der Waals surface area contributed by atoms with E-state index in [0.29, 0.717) is 11.1 Å². The molecule has 0 saturated heterocycles. The smallest absolute Gasteiger partial charge is 0.308 e. The summed E-state index contributed by atoms with van der Waals surface area (Å²) in [5.74, 6) is -0.694. The number of ketones is 1. The van der Waals surface area contributed by atoms with E-state index < -0.39 is 22.1 Å². The summed E-state index contributed by atoms with van der Waals surface area (Å²) in [7, 11) is -3.62. The fraction of sp³-hybridized carbons (Fsp3) is 0.190. The SMILES string of the molecule is CC(OC(=O)CCN=C1NS(=O)(=O)c2ccccc21)C(=O)c1c[nH]c2ccccc12. The molecular formula is C21H19N3O5S. The number of aromatic nitrogens is 1. The van der Waals surface area contributed by atoms with Gasteiger partial charge in [0.1, 0.15) is 5.84 Å². The number of esters is 1. The lowest BCUT2D eigenvalue weighted by Gasteiger charge is -2.11. The van der Waals surface area contributed by atoms with Crippen LogP contribution in [0.25, 0.3) is 10.9 Å². The normalized spacial score (nSPS) is 16.8. The molecule has 8 nitrogen and oxygen atoms in total. The quantitative estimate of drug-likeness (QED) is 0.465. The van der Waals surface area contributed by atoms with Gasteiger partial charge in [0.25, 0.3) is 10.0 Å². The van der Waals surface area contributed by atoms with E-state index in [-0.39, 0.29) is 29.5 Å². The van der Waals surface area contributed by atoms with E-state index in [1.54, 1.807) is 24.4 Å². The van der Waals surface area contributed by atoms with Gasteiger partial charge in [-0.1, -0.05) is 30.3 Å². The molecule has 30 heavy (non-hydrogen) atoms. The number of Topliss-reactive ketones (excluding diaryl/α,β-unsaturated/α-hetero) is 1. The average molecular weight is 425 g/mol. The number of para-hydroxylation sites is 1. The Hall–Kier alpha value is -3.46. The minimum absolute atomic E-state index is 0.0268. The average Bonchev–Trinajstić information content (AvgIpc) is 3.26. The van der Waals surface area contributed by atoms with Crippen LogP contribution in [0, 0.1) is 0 Å². The number of fused-ring (bicyclic) bond motifs is 2.